The summed E-state index contributed by atoms with van der Waals surface area (Å²) in [6.07, 6.45) is 1.32. The predicted octanol–water partition coefficient (Wildman–Crippen LogP) is 4.62. The number of imide groups is 2. The highest BCUT2D eigenvalue weighted by Crippen LogP contribution is 2.29. The molecular weight excluding hydrogens is 399 g/mol. The lowest BCUT2D eigenvalue weighted by molar-refractivity contribution is -0.122. The fourth-order valence-corrected chi connectivity index (χ4v) is 3.10. The van der Waals surface area contributed by atoms with Crippen LogP contribution >= 0.6 is 34.8 Å². The highest BCUT2D eigenvalue weighted by molar-refractivity contribution is 6.40. The van der Waals surface area contributed by atoms with Crippen molar-refractivity contribution in [3.05, 3.63) is 68.2 Å². The first kappa shape index (κ1) is 18.5. The van der Waals surface area contributed by atoms with Crippen LogP contribution < -0.4 is 10.2 Å². The first-order valence-electron chi connectivity index (χ1n) is 7.40. The number of benzene rings is 2. The Labute approximate surface area is 164 Å². The van der Waals surface area contributed by atoms with Crippen molar-refractivity contribution in [2.75, 3.05) is 4.90 Å². The fourth-order valence-electron chi connectivity index (χ4n) is 2.47. The third-order valence-corrected chi connectivity index (χ3v) is 4.57. The van der Waals surface area contributed by atoms with E-state index in [1.165, 1.54) is 18.2 Å². The van der Waals surface area contributed by atoms with Crippen LogP contribution in [0.4, 0.5) is 10.5 Å². The molecule has 0 radical (unpaired) electrons. The van der Waals surface area contributed by atoms with Crippen LogP contribution in [0.5, 0.6) is 0 Å². The van der Waals surface area contributed by atoms with Gasteiger partial charge in [-0.1, -0.05) is 46.9 Å². The van der Waals surface area contributed by atoms with E-state index >= 15 is 0 Å². The van der Waals surface area contributed by atoms with Crippen LogP contribution in [0.25, 0.3) is 6.08 Å². The number of hydrogen-bond acceptors (Lipinski definition) is 3. The number of carbonyl (C=O) groups is 3. The Balaban J connectivity index is 2.08. The van der Waals surface area contributed by atoms with Crippen LogP contribution in [0.2, 0.25) is 15.1 Å². The monoisotopic (exact) mass is 408 g/mol. The smallest absolute Gasteiger partial charge is 0.273 e. The summed E-state index contributed by atoms with van der Waals surface area (Å²) in [6.45, 7) is 1.72. The molecule has 0 aromatic heterocycles. The predicted molar refractivity (Wildman–Crippen MR) is 102 cm³/mol. The average molecular weight is 410 g/mol. The van der Waals surface area contributed by atoms with Gasteiger partial charge in [-0.05, 0) is 48.4 Å². The number of hydrogen-bond donors (Lipinski definition) is 1. The summed E-state index contributed by atoms with van der Waals surface area (Å²) in [5, 5.41) is 3.20. The van der Waals surface area contributed by atoms with Gasteiger partial charge in [0.25, 0.3) is 11.8 Å². The summed E-state index contributed by atoms with van der Waals surface area (Å²) in [4.78, 5) is 38.2. The van der Waals surface area contributed by atoms with E-state index in [1.807, 2.05) is 0 Å². The molecule has 1 fully saturated rings. The van der Waals surface area contributed by atoms with Gasteiger partial charge in [-0.25, -0.2) is 9.69 Å². The fraction of sp³-hybridized carbons (Fsp3) is 0.0556. The molecule has 2 aromatic rings. The van der Waals surface area contributed by atoms with Crippen molar-refractivity contribution >= 4 is 64.4 Å². The van der Waals surface area contributed by atoms with Gasteiger partial charge in [0.2, 0.25) is 0 Å². The van der Waals surface area contributed by atoms with Crippen LogP contribution in [-0.4, -0.2) is 17.8 Å². The highest BCUT2D eigenvalue weighted by atomic mass is 35.5. The minimum atomic E-state index is -0.843. The molecule has 2 aromatic carbocycles. The quantitative estimate of drug-likeness (QED) is 0.581. The molecule has 1 aliphatic rings. The molecule has 132 valence electrons. The standard InChI is InChI=1S/C18H11Cl3N2O3/c1-9-2-4-12(20)8-15(9)23-17(25)13(16(24)22-18(23)26)6-10-3-5-11(19)7-14(10)21/h2-8H,1H3,(H,22,24,26)/b13-6+. The minimum absolute atomic E-state index is 0.229. The summed E-state index contributed by atoms with van der Waals surface area (Å²) in [6, 6.07) is 8.60. The molecule has 8 heteroatoms. The maximum absolute atomic E-state index is 12.9. The zero-order valence-corrected chi connectivity index (χ0v) is 15.6. The average Bonchev–Trinajstić information content (AvgIpc) is 2.56. The maximum atomic E-state index is 12.9. The van der Waals surface area contributed by atoms with Gasteiger partial charge in [-0.2, -0.15) is 0 Å². The van der Waals surface area contributed by atoms with E-state index in [2.05, 4.69) is 5.32 Å². The molecule has 0 unspecified atom stereocenters. The van der Waals surface area contributed by atoms with E-state index in [4.69, 9.17) is 34.8 Å². The van der Waals surface area contributed by atoms with Crippen LogP contribution in [0.15, 0.2) is 42.0 Å². The number of rotatable bonds is 2. The van der Waals surface area contributed by atoms with Gasteiger partial charge >= 0.3 is 6.03 Å². The molecule has 3 rings (SSSR count). The van der Waals surface area contributed by atoms with Gasteiger partial charge in [0.1, 0.15) is 5.57 Å². The lowest BCUT2D eigenvalue weighted by Crippen LogP contribution is -2.54. The molecule has 26 heavy (non-hydrogen) atoms. The second kappa shape index (κ2) is 7.11. The molecule has 0 atom stereocenters. The molecule has 4 amide bonds. The van der Waals surface area contributed by atoms with Gasteiger partial charge in [0.05, 0.1) is 5.69 Å². The van der Waals surface area contributed by atoms with Crippen molar-refractivity contribution < 1.29 is 14.4 Å². The maximum Gasteiger partial charge on any atom is 0.335 e. The molecule has 1 heterocycles. The summed E-state index contributed by atoms with van der Waals surface area (Å²) in [7, 11) is 0. The number of carbonyl (C=O) groups excluding carboxylic acids is 3. The number of nitrogens with one attached hydrogen (secondary N) is 1. The molecular formula is C18H11Cl3N2O3. The van der Waals surface area contributed by atoms with Crippen LogP contribution in [-0.2, 0) is 9.59 Å². The van der Waals surface area contributed by atoms with Gasteiger partial charge in [0.15, 0.2) is 0 Å². The first-order chi connectivity index (χ1) is 12.3. The Hall–Kier alpha value is -2.34. The Kier molecular flexibility index (Phi) is 5.05. The third-order valence-electron chi connectivity index (χ3n) is 3.78. The largest absolute Gasteiger partial charge is 0.335 e. The third kappa shape index (κ3) is 3.46. The second-order valence-corrected chi connectivity index (χ2v) is 6.83. The highest BCUT2D eigenvalue weighted by Gasteiger charge is 2.37. The number of aryl methyl sites for hydroxylation is 1. The van der Waals surface area contributed by atoms with Crippen molar-refractivity contribution in [3.63, 3.8) is 0 Å². The number of nitrogens with zero attached hydrogens (tertiary/aromatic N) is 1. The Bertz CT molecular complexity index is 986. The van der Waals surface area contributed by atoms with Crippen molar-refractivity contribution in [2.24, 2.45) is 0 Å². The van der Waals surface area contributed by atoms with Crippen LogP contribution in [0, 0.1) is 6.92 Å². The molecule has 0 spiro atoms. The topological polar surface area (TPSA) is 66.5 Å². The van der Waals surface area contributed by atoms with Gasteiger partial charge in [0, 0.05) is 15.1 Å². The number of anilines is 1. The van der Waals surface area contributed by atoms with Crippen molar-refractivity contribution in [1.82, 2.24) is 5.32 Å². The second-order valence-electron chi connectivity index (χ2n) is 5.55. The van der Waals surface area contributed by atoms with Gasteiger partial charge < -0.3 is 0 Å². The molecule has 0 saturated carbocycles. The van der Waals surface area contributed by atoms with E-state index in [0.29, 0.717) is 26.9 Å². The molecule has 5 nitrogen and oxygen atoms in total. The number of barbiturate groups is 1. The van der Waals surface area contributed by atoms with Gasteiger partial charge in [-0.3, -0.25) is 14.9 Å². The number of halogens is 3. The van der Waals surface area contributed by atoms with Gasteiger partial charge in [-0.15, -0.1) is 0 Å². The van der Waals surface area contributed by atoms with Crippen molar-refractivity contribution in [1.29, 1.82) is 0 Å². The lowest BCUT2D eigenvalue weighted by atomic mass is 10.1. The molecule has 1 aliphatic heterocycles. The van der Waals surface area contributed by atoms with E-state index in [1.54, 1.807) is 31.2 Å². The Morgan fingerprint density at radius 1 is 0.962 bits per heavy atom. The molecule has 0 bridgehead atoms. The number of urea groups is 1. The van der Waals surface area contributed by atoms with Crippen LogP contribution in [0.3, 0.4) is 0 Å². The molecule has 1 saturated heterocycles. The van der Waals surface area contributed by atoms with E-state index in [-0.39, 0.29) is 10.6 Å². The molecule has 1 N–H and O–H groups in total. The van der Waals surface area contributed by atoms with E-state index in [9.17, 15) is 14.4 Å². The SMILES string of the molecule is Cc1ccc(Cl)cc1N1C(=O)NC(=O)/C(=C\c2ccc(Cl)cc2Cl)C1=O. The summed E-state index contributed by atoms with van der Waals surface area (Å²) < 4.78 is 0. The van der Waals surface area contributed by atoms with E-state index < -0.39 is 17.8 Å². The molecule has 0 aliphatic carbocycles. The van der Waals surface area contributed by atoms with Crippen molar-refractivity contribution in [3.8, 4) is 0 Å². The first-order valence-corrected chi connectivity index (χ1v) is 8.54. The van der Waals surface area contributed by atoms with E-state index in [0.717, 1.165) is 4.90 Å². The zero-order chi connectivity index (χ0) is 19.0. The zero-order valence-electron chi connectivity index (χ0n) is 13.3. The normalized spacial score (nSPS) is 16.2. The summed E-state index contributed by atoms with van der Waals surface area (Å²) >= 11 is 17.9. The Morgan fingerprint density at radius 3 is 2.31 bits per heavy atom. The van der Waals surface area contributed by atoms with Crippen LogP contribution in [0.1, 0.15) is 11.1 Å². The Morgan fingerprint density at radius 2 is 1.62 bits per heavy atom. The lowest BCUT2D eigenvalue weighted by Gasteiger charge is -2.27. The van der Waals surface area contributed by atoms with Crippen molar-refractivity contribution in [2.45, 2.75) is 6.92 Å². The minimum Gasteiger partial charge on any atom is -0.273 e. The summed E-state index contributed by atoms with van der Waals surface area (Å²) in [5.74, 6) is -1.57. The number of amides is 4. The summed E-state index contributed by atoms with van der Waals surface area (Å²) in [5.41, 5.74) is 1.14.